The predicted molar refractivity (Wildman–Crippen MR) is 111 cm³/mol. The number of ether oxygens (including phenoxy) is 2. The van der Waals surface area contributed by atoms with E-state index < -0.39 is 11.7 Å². The molecule has 2 aromatic rings. The van der Waals surface area contributed by atoms with Crippen molar-refractivity contribution in [3.05, 3.63) is 58.0 Å². The van der Waals surface area contributed by atoms with Gasteiger partial charge >= 0.3 is 0 Å². The summed E-state index contributed by atoms with van der Waals surface area (Å²) in [6, 6.07) is 7.09. The number of nitrogens with two attached hydrogens (primary N) is 1. The first-order valence-corrected chi connectivity index (χ1v) is 10.5. The van der Waals surface area contributed by atoms with Crippen LogP contribution < -0.4 is 15.8 Å². The number of aromatic nitrogens is 1. The van der Waals surface area contributed by atoms with Crippen molar-refractivity contribution in [2.75, 3.05) is 6.61 Å². The van der Waals surface area contributed by atoms with Crippen molar-refractivity contribution in [1.82, 2.24) is 10.3 Å². The lowest BCUT2D eigenvalue weighted by atomic mass is 9.92. The number of primary amides is 1. The number of amides is 2. The molecule has 1 aliphatic heterocycles. The topological polar surface area (TPSA) is 127 Å². The molecule has 9 heteroatoms. The summed E-state index contributed by atoms with van der Waals surface area (Å²) in [6.45, 7) is 0.974. The summed E-state index contributed by atoms with van der Waals surface area (Å²) < 4.78 is 24.9. The van der Waals surface area contributed by atoms with E-state index in [1.807, 2.05) is 0 Å². The number of rotatable bonds is 5. The van der Waals surface area contributed by atoms with Gasteiger partial charge in [-0.05, 0) is 49.9 Å². The van der Waals surface area contributed by atoms with Crippen LogP contribution in [0.25, 0.3) is 0 Å². The monoisotopic (exact) mass is 438 g/mol. The van der Waals surface area contributed by atoms with Crippen LogP contribution in [0.5, 0.6) is 5.88 Å². The Hall–Kier alpha value is -3.51. The molecule has 1 aromatic carbocycles. The normalized spacial score (nSPS) is 20.0. The summed E-state index contributed by atoms with van der Waals surface area (Å²) in [7, 11) is 0. The fourth-order valence-corrected chi connectivity index (χ4v) is 4.04. The number of hydrogen-bond acceptors (Lipinski definition) is 6. The van der Waals surface area contributed by atoms with E-state index in [1.165, 1.54) is 12.1 Å². The number of hydrogen-bond donors (Lipinski definition) is 2. The number of pyridine rings is 1. The van der Waals surface area contributed by atoms with E-state index in [2.05, 4.69) is 10.3 Å². The summed E-state index contributed by atoms with van der Waals surface area (Å²) in [5, 5.41) is 11.9. The van der Waals surface area contributed by atoms with E-state index in [9.17, 15) is 14.0 Å². The number of fused-ring (bicyclic) bond motifs is 1. The number of nitrogens with zero attached hydrogens (tertiary/aromatic N) is 2. The van der Waals surface area contributed by atoms with Gasteiger partial charge in [0.25, 0.3) is 11.8 Å². The Labute approximate surface area is 184 Å². The van der Waals surface area contributed by atoms with Crippen LogP contribution in [-0.4, -0.2) is 35.6 Å². The molecule has 8 nitrogen and oxygen atoms in total. The van der Waals surface area contributed by atoms with Crippen molar-refractivity contribution in [3.63, 3.8) is 0 Å². The first-order valence-electron chi connectivity index (χ1n) is 10.5. The summed E-state index contributed by atoms with van der Waals surface area (Å²) in [5.41, 5.74) is 7.56. The molecule has 4 rings (SSSR count). The lowest BCUT2D eigenvalue weighted by Gasteiger charge is -2.30. The van der Waals surface area contributed by atoms with Crippen molar-refractivity contribution in [1.29, 1.82) is 5.26 Å². The molecule has 1 aliphatic carbocycles. The third kappa shape index (κ3) is 4.70. The molecule has 1 aromatic heterocycles. The van der Waals surface area contributed by atoms with Gasteiger partial charge in [-0.1, -0.05) is 0 Å². The van der Waals surface area contributed by atoms with Crippen molar-refractivity contribution in [3.8, 4) is 11.9 Å². The summed E-state index contributed by atoms with van der Waals surface area (Å²) >= 11 is 0. The van der Waals surface area contributed by atoms with Gasteiger partial charge in [-0.25, -0.2) is 9.37 Å². The minimum absolute atomic E-state index is 0.0674. The van der Waals surface area contributed by atoms with Gasteiger partial charge in [0.1, 0.15) is 23.6 Å². The number of carbonyl (C=O) groups is 2. The van der Waals surface area contributed by atoms with Crippen LogP contribution in [0.15, 0.2) is 24.3 Å². The van der Waals surface area contributed by atoms with Gasteiger partial charge in [-0.15, -0.1) is 0 Å². The molecule has 0 radical (unpaired) electrons. The van der Waals surface area contributed by atoms with Gasteiger partial charge in [0, 0.05) is 23.6 Å². The molecule has 0 bridgehead atoms. The van der Waals surface area contributed by atoms with E-state index in [-0.39, 0.29) is 40.6 Å². The number of benzene rings is 1. The second kappa shape index (κ2) is 9.32. The van der Waals surface area contributed by atoms with Gasteiger partial charge in [-0.2, -0.15) is 5.26 Å². The fourth-order valence-electron chi connectivity index (χ4n) is 4.04. The summed E-state index contributed by atoms with van der Waals surface area (Å²) in [6.07, 6.45) is 3.18. The highest BCUT2D eigenvalue weighted by atomic mass is 19.1. The molecule has 0 spiro atoms. The minimum atomic E-state index is -0.652. The highest BCUT2D eigenvalue weighted by molar-refractivity contribution is 5.95. The predicted octanol–water partition coefficient (Wildman–Crippen LogP) is 2.38. The molecule has 166 valence electrons. The minimum Gasteiger partial charge on any atom is -0.474 e. The van der Waals surface area contributed by atoms with Crippen LogP contribution in [0.4, 0.5) is 4.39 Å². The molecule has 2 heterocycles. The van der Waals surface area contributed by atoms with Crippen molar-refractivity contribution in [2.24, 2.45) is 5.73 Å². The Bertz CT molecular complexity index is 1090. The maximum absolute atomic E-state index is 13.5. The zero-order chi connectivity index (χ0) is 22.7. The first-order chi connectivity index (χ1) is 15.4. The van der Waals surface area contributed by atoms with Gasteiger partial charge in [-0.3, -0.25) is 9.59 Å². The SMILES string of the molecule is N#Cc1cc(C(=O)NC2CCC(Oc3nc4c(cc3C(N)=O)COCC4)CC2)ccc1F. The van der Waals surface area contributed by atoms with Gasteiger partial charge in [0.05, 0.1) is 24.5 Å². The third-order valence-electron chi connectivity index (χ3n) is 5.80. The van der Waals surface area contributed by atoms with E-state index in [1.54, 1.807) is 12.1 Å². The summed E-state index contributed by atoms with van der Waals surface area (Å²) in [4.78, 5) is 28.9. The van der Waals surface area contributed by atoms with Crippen LogP contribution in [0.2, 0.25) is 0 Å². The number of carbonyl (C=O) groups excluding carboxylic acids is 2. The molecule has 0 unspecified atom stereocenters. The van der Waals surface area contributed by atoms with Crippen molar-refractivity contribution in [2.45, 2.75) is 50.9 Å². The zero-order valence-corrected chi connectivity index (χ0v) is 17.4. The smallest absolute Gasteiger partial charge is 0.254 e. The average Bonchev–Trinajstić information content (AvgIpc) is 2.80. The molecule has 3 N–H and O–H groups in total. The highest BCUT2D eigenvalue weighted by Crippen LogP contribution is 2.28. The van der Waals surface area contributed by atoms with Crippen LogP contribution in [0.3, 0.4) is 0 Å². The van der Waals surface area contributed by atoms with E-state index in [4.69, 9.17) is 20.5 Å². The molecule has 0 atom stereocenters. The van der Waals surface area contributed by atoms with Gasteiger partial charge < -0.3 is 20.5 Å². The Balaban J connectivity index is 1.37. The molecule has 2 amide bonds. The Morgan fingerprint density at radius 3 is 2.75 bits per heavy atom. The maximum Gasteiger partial charge on any atom is 0.254 e. The van der Waals surface area contributed by atoms with Crippen LogP contribution in [-0.2, 0) is 17.8 Å². The quantitative estimate of drug-likeness (QED) is 0.738. The molecule has 1 saturated carbocycles. The molecule has 0 saturated heterocycles. The van der Waals surface area contributed by atoms with E-state index >= 15 is 0 Å². The second-order valence-electron chi connectivity index (χ2n) is 7.99. The highest BCUT2D eigenvalue weighted by Gasteiger charge is 2.27. The Kier molecular flexibility index (Phi) is 6.32. The van der Waals surface area contributed by atoms with Crippen LogP contribution in [0.1, 0.15) is 63.2 Å². The first kappa shape index (κ1) is 21.7. The fraction of sp³-hybridized carbons (Fsp3) is 0.391. The number of halogens is 1. The molecule has 32 heavy (non-hydrogen) atoms. The Morgan fingerprint density at radius 2 is 2.03 bits per heavy atom. The lowest BCUT2D eigenvalue weighted by molar-refractivity contribution is 0.0875. The number of nitrogens with one attached hydrogen (secondary N) is 1. The van der Waals surface area contributed by atoms with Gasteiger partial charge in [0.2, 0.25) is 5.88 Å². The van der Waals surface area contributed by atoms with Crippen molar-refractivity contribution >= 4 is 11.8 Å². The zero-order valence-electron chi connectivity index (χ0n) is 17.4. The van der Waals surface area contributed by atoms with Crippen LogP contribution in [0, 0.1) is 17.1 Å². The third-order valence-corrected chi connectivity index (χ3v) is 5.80. The summed E-state index contributed by atoms with van der Waals surface area (Å²) in [5.74, 6) is -1.35. The lowest BCUT2D eigenvalue weighted by Crippen LogP contribution is -2.40. The Morgan fingerprint density at radius 1 is 1.25 bits per heavy atom. The average molecular weight is 438 g/mol. The second-order valence-corrected chi connectivity index (χ2v) is 7.99. The molecule has 1 fully saturated rings. The molecular formula is C23H23FN4O4. The molecule has 2 aliphatic rings. The van der Waals surface area contributed by atoms with E-state index in [0.29, 0.717) is 45.3 Å². The van der Waals surface area contributed by atoms with E-state index in [0.717, 1.165) is 17.3 Å². The largest absolute Gasteiger partial charge is 0.474 e. The maximum atomic E-state index is 13.5. The molecular weight excluding hydrogens is 415 g/mol. The van der Waals surface area contributed by atoms with Crippen LogP contribution >= 0.6 is 0 Å². The van der Waals surface area contributed by atoms with Crippen molar-refractivity contribution < 1.29 is 23.5 Å². The number of nitriles is 1. The standard InChI is InChI=1S/C23H23FN4O4/c24-19-6-1-13(9-14(19)11-25)22(30)27-16-2-4-17(5-3-16)32-23-18(21(26)29)10-15-12-31-8-7-20(15)28-23/h1,6,9-10,16-17H,2-5,7-8,12H2,(H2,26,29)(H,27,30). The van der Waals surface area contributed by atoms with Gasteiger partial charge in [0.15, 0.2) is 0 Å².